The maximum absolute atomic E-state index is 12.2. The normalized spacial score (nSPS) is 15.2. The Kier molecular flexibility index (Phi) is 3.49. The van der Waals surface area contributed by atoms with E-state index >= 15 is 0 Å². The molecular formula is C14H16INO2. The standard InChI is InChI=1S/C14H16INO2/c1-14(2,3)7-8-16-12(17)9-5-4-6-10(15)11(9)13(16)18/h4-6H,7-8H2,1-3H3. The summed E-state index contributed by atoms with van der Waals surface area (Å²) in [6.45, 7) is 6.81. The number of rotatable bonds is 2. The van der Waals surface area contributed by atoms with Crippen molar-refractivity contribution in [1.29, 1.82) is 0 Å². The average Bonchev–Trinajstić information content (AvgIpc) is 2.49. The molecule has 0 N–H and O–H groups in total. The van der Waals surface area contributed by atoms with E-state index < -0.39 is 0 Å². The van der Waals surface area contributed by atoms with Crippen LogP contribution in [-0.4, -0.2) is 23.3 Å². The van der Waals surface area contributed by atoms with E-state index in [4.69, 9.17) is 0 Å². The molecule has 1 aliphatic heterocycles. The van der Waals surface area contributed by atoms with Crippen LogP contribution in [-0.2, 0) is 0 Å². The van der Waals surface area contributed by atoms with Crippen molar-refractivity contribution < 1.29 is 9.59 Å². The van der Waals surface area contributed by atoms with Gasteiger partial charge < -0.3 is 0 Å². The van der Waals surface area contributed by atoms with E-state index in [1.54, 1.807) is 6.07 Å². The third kappa shape index (κ3) is 2.43. The SMILES string of the molecule is CC(C)(C)CCN1C(=O)c2cccc(I)c2C1=O. The van der Waals surface area contributed by atoms with Crippen molar-refractivity contribution in [3.63, 3.8) is 0 Å². The van der Waals surface area contributed by atoms with Gasteiger partial charge in [-0.25, -0.2) is 0 Å². The van der Waals surface area contributed by atoms with Crippen molar-refractivity contribution >= 4 is 34.4 Å². The highest BCUT2D eigenvalue weighted by molar-refractivity contribution is 14.1. The van der Waals surface area contributed by atoms with Gasteiger partial charge in [-0.2, -0.15) is 0 Å². The second-order valence-electron chi connectivity index (χ2n) is 5.73. The molecule has 0 atom stereocenters. The first-order valence-corrected chi connectivity index (χ1v) is 7.04. The Morgan fingerprint density at radius 1 is 1.17 bits per heavy atom. The largest absolute Gasteiger partial charge is 0.274 e. The summed E-state index contributed by atoms with van der Waals surface area (Å²) >= 11 is 2.11. The van der Waals surface area contributed by atoms with Gasteiger partial charge in [0.15, 0.2) is 0 Å². The molecule has 0 unspecified atom stereocenters. The molecule has 4 heteroatoms. The molecular weight excluding hydrogens is 341 g/mol. The average molecular weight is 357 g/mol. The molecule has 0 aromatic heterocycles. The third-order valence-electron chi connectivity index (χ3n) is 3.03. The molecule has 0 saturated carbocycles. The van der Waals surface area contributed by atoms with Crippen LogP contribution < -0.4 is 0 Å². The fraction of sp³-hybridized carbons (Fsp3) is 0.429. The Balaban J connectivity index is 2.27. The number of imide groups is 1. The highest BCUT2D eigenvalue weighted by Crippen LogP contribution is 2.28. The molecule has 1 heterocycles. The van der Waals surface area contributed by atoms with Crippen molar-refractivity contribution in [2.75, 3.05) is 6.54 Å². The first-order valence-electron chi connectivity index (χ1n) is 5.96. The van der Waals surface area contributed by atoms with E-state index in [1.807, 2.05) is 12.1 Å². The molecule has 0 fully saturated rings. The topological polar surface area (TPSA) is 37.4 Å². The zero-order valence-electron chi connectivity index (χ0n) is 10.8. The van der Waals surface area contributed by atoms with E-state index in [0.717, 1.165) is 9.99 Å². The summed E-state index contributed by atoms with van der Waals surface area (Å²) in [6, 6.07) is 5.41. The van der Waals surface area contributed by atoms with Crippen molar-refractivity contribution in [3.8, 4) is 0 Å². The second kappa shape index (κ2) is 4.64. The summed E-state index contributed by atoms with van der Waals surface area (Å²) < 4.78 is 0.849. The molecule has 0 spiro atoms. The summed E-state index contributed by atoms with van der Waals surface area (Å²) in [6.07, 6.45) is 0.815. The monoisotopic (exact) mass is 357 g/mol. The Morgan fingerprint density at radius 3 is 2.39 bits per heavy atom. The minimum absolute atomic E-state index is 0.114. The van der Waals surface area contributed by atoms with Gasteiger partial charge in [-0.05, 0) is 46.6 Å². The van der Waals surface area contributed by atoms with Gasteiger partial charge in [0.2, 0.25) is 0 Å². The number of halogens is 1. The zero-order valence-corrected chi connectivity index (χ0v) is 12.9. The van der Waals surface area contributed by atoms with Crippen LogP contribution in [0.3, 0.4) is 0 Å². The lowest BCUT2D eigenvalue weighted by Gasteiger charge is -2.22. The van der Waals surface area contributed by atoms with Gasteiger partial charge in [0.25, 0.3) is 11.8 Å². The molecule has 2 amide bonds. The molecule has 0 radical (unpaired) electrons. The van der Waals surface area contributed by atoms with Crippen molar-refractivity contribution in [1.82, 2.24) is 4.90 Å². The molecule has 3 nitrogen and oxygen atoms in total. The summed E-state index contributed by atoms with van der Waals surface area (Å²) in [7, 11) is 0. The van der Waals surface area contributed by atoms with Crippen molar-refractivity contribution in [2.45, 2.75) is 27.2 Å². The first kappa shape index (κ1) is 13.5. The zero-order chi connectivity index (χ0) is 13.5. The Morgan fingerprint density at radius 2 is 1.83 bits per heavy atom. The number of carbonyl (C=O) groups excluding carboxylic acids is 2. The number of carbonyl (C=O) groups is 2. The van der Waals surface area contributed by atoms with E-state index in [1.165, 1.54) is 4.90 Å². The fourth-order valence-corrected chi connectivity index (χ4v) is 2.67. The molecule has 1 aliphatic rings. The number of hydrogen-bond acceptors (Lipinski definition) is 2. The lowest BCUT2D eigenvalue weighted by atomic mass is 9.92. The first-order chi connectivity index (χ1) is 8.31. The van der Waals surface area contributed by atoms with Gasteiger partial charge in [0.1, 0.15) is 0 Å². The molecule has 18 heavy (non-hydrogen) atoms. The summed E-state index contributed by atoms with van der Waals surface area (Å²) in [5.74, 6) is -0.304. The van der Waals surface area contributed by atoms with Gasteiger partial charge in [0, 0.05) is 10.1 Å². The molecule has 0 bridgehead atoms. The van der Waals surface area contributed by atoms with Gasteiger partial charge in [-0.1, -0.05) is 26.8 Å². The summed E-state index contributed by atoms with van der Waals surface area (Å²) in [5.41, 5.74) is 1.22. The second-order valence-corrected chi connectivity index (χ2v) is 6.90. The Hall–Kier alpha value is -0.910. The molecule has 0 saturated heterocycles. The highest BCUT2D eigenvalue weighted by atomic mass is 127. The number of hydrogen-bond donors (Lipinski definition) is 0. The summed E-state index contributed by atoms with van der Waals surface area (Å²) in [5, 5.41) is 0. The van der Waals surface area contributed by atoms with Crippen LogP contribution in [0.2, 0.25) is 0 Å². The van der Waals surface area contributed by atoms with Gasteiger partial charge in [0.05, 0.1) is 11.1 Å². The predicted octanol–water partition coefficient (Wildman–Crippen LogP) is 3.32. The van der Waals surface area contributed by atoms with E-state index in [0.29, 0.717) is 17.7 Å². The lowest BCUT2D eigenvalue weighted by molar-refractivity contribution is 0.0638. The third-order valence-corrected chi connectivity index (χ3v) is 3.93. The fourth-order valence-electron chi connectivity index (χ4n) is 1.94. The van der Waals surface area contributed by atoms with Crippen LogP contribution in [0.15, 0.2) is 18.2 Å². The maximum atomic E-state index is 12.2. The van der Waals surface area contributed by atoms with Crippen LogP contribution in [0.1, 0.15) is 47.9 Å². The van der Waals surface area contributed by atoms with Crippen molar-refractivity contribution in [2.24, 2.45) is 5.41 Å². The predicted molar refractivity (Wildman–Crippen MR) is 78.6 cm³/mol. The number of nitrogens with zero attached hydrogens (tertiary/aromatic N) is 1. The Bertz CT molecular complexity index is 517. The molecule has 0 aliphatic carbocycles. The van der Waals surface area contributed by atoms with E-state index in [9.17, 15) is 9.59 Å². The van der Waals surface area contributed by atoms with Crippen LogP contribution in [0.5, 0.6) is 0 Å². The number of fused-ring (bicyclic) bond motifs is 1. The number of benzene rings is 1. The summed E-state index contributed by atoms with van der Waals surface area (Å²) in [4.78, 5) is 25.8. The van der Waals surface area contributed by atoms with E-state index in [-0.39, 0.29) is 17.2 Å². The minimum Gasteiger partial charge on any atom is -0.274 e. The van der Waals surface area contributed by atoms with Crippen LogP contribution in [0, 0.1) is 8.99 Å². The highest BCUT2D eigenvalue weighted by Gasteiger charge is 2.37. The minimum atomic E-state index is -0.155. The Labute approximate surface area is 121 Å². The van der Waals surface area contributed by atoms with Crippen LogP contribution in [0.25, 0.3) is 0 Å². The van der Waals surface area contributed by atoms with E-state index in [2.05, 4.69) is 43.4 Å². The maximum Gasteiger partial charge on any atom is 0.262 e. The number of amides is 2. The van der Waals surface area contributed by atoms with Crippen LogP contribution in [0.4, 0.5) is 0 Å². The van der Waals surface area contributed by atoms with Gasteiger partial charge >= 0.3 is 0 Å². The quantitative estimate of drug-likeness (QED) is 0.602. The smallest absolute Gasteiger partial charge is 0.262 e. The molecule has 2 rings (SSSR count). The van der Waals surface area contributed by atoms with Gasteiger partial charge in [-0.15, -0.1) is 0 Å². The lowest BCUT2D eigenvalue weighted by Crippen LogP contribution is -2.32. The van der Waals surface area contributed by atoms with Crippen molar-refractivity contribution in [3.05, 3.63) is 32.9 Å². The van der Waals surface area contributed by atoms with Crippen LogP contribution >= 0.6 is 22.6 Å². The van der Waals surface area contributed by atoms with Gasteiger partial charge in [-0.3, -0.25) is 14.5 Å². The molecule has 96 valence electrons. The molecule has 1 aromatic carbocycles. The molecule has 1 aromatic rings.